The zero-order valence-corrected chi connectivity index (χ0v) is 15.5. The van der Waals surface area contributed by atoms with Crippen LogP contribution >= 0.6 is 11.3 Å². The van der Waals surface area contributed by atoms with Crippen molar-refractivity contribution in [2.45, 2.75) is 12.6 Å². The Morgan fingerprint density at radius 1 is 1.15 bits per heavy atom. The van der Waals surface area contributed by atoms with Crippen molar-refractivity contribution in [2.75, 3.05) is 7.11 Å². The summed E-state index contributed by atoms with van der Waals surface area (Å²) in [7, 11) is 1.63. The molecule has 6 heteroatoms. The van der Waals surface area contributed by atoms with E-state index in [9.17, 15) is 9.90 Å². The van der Waals surface area contributed by atoms with E-state index in [1.54, 1.807) is 7.11 Å². The van der Waals surface area contributed by atoms with Crippen molar-refractivity contribution in [2.24, 2.45) is 0 Å². The van der Waals surface area contributed by atoms with Gasteiger partial charge in [0.1, 0.15) is 10.4 Å². The lowest BCUT2D eigenvalue weighted by Gasteiger charge is -2.12. The van der Waals surface area contributed by atoms with Crippen LogP contribution in [-0.4, -0.2) is 21.8 Å². The zero-order chi connectivity index (χ0) is 18.8. The SMILES string of the molecule is COc1ccc(-c2cc3ncn(CC(O)c4ccccc4)c(=O)c3s2)cc1. The summed E-state index contributed by atoms with van der Waals surface area (Å²) in [5, 5.41) is 10.4. The Hall–Kier alpha value is -2.96. The Bertz CT molecular complexity index is 1120. The summed E-state index contributed by atoms with van der Waals surface area (Å²) < 4.78 is 7.24. The van der Waals surface area contributed by atoms with Crippen LogP contribution < -0.4 is 10.3 Å². The van der Waals surface area contributed by atoms with Gasteiger partial charge in [-0.2, -0.15) is 0 Å². The minimum atomic E-state index is -0.760. The molecule has 1 unspecified atom stereocenters. The Balaban J connectivity index is 1.66. The van der Waals surface area contributed by atoms with Crippen molar-refractivity contribution in [1.82, 2.24) is 9.55 Å². The molecule has 0 saturated heterocycles. The topological polar surface area (TPSA) is 64.3 Å². The van der Waals surface area contributed by atoms with Gasteiger partial charge in [0.2, 0.25) is 0 Å². The van der Waals surface area contributed by atoms with Gasteiger partial charge in [-0.15, -0.1) is 11.3 Å². The number of nitrogens with zero attached hydrogens (tertiary/aromatic N) is 2. The summed E-state index contributed by atoms with van der Waals surface area (Å²) in [5.41, 5.74) is 2.31. The summed E-state index contributed by atoms with van der Waals surface area (Å²) >= 11 is 1.41. The summed E-state index contributed by atoms with van der Waals surface area (Å²) in [6.07, 6.45) is 0.741. The summed E-state index contributed by atoms with van der Waals surface area (Å²) in [6, 6.07) is 18.9. The first-order chi connectivity index (χ1) is 13.2. The molecule has 0 aliphatic heterocycles. The smallest absolute Gasteiger partial charge is 0.271 e. The number of aromatic nitrogens is 2. The monoisotopic (exact) mass is 378 g/mol. The van der Waals surface area contributed by atoms with Gasteiger partial charge < -0.3 is 9.84 Å². The van der Waals surface area contributed by atoms with Crippen LogP contribution in [0.25, 0.3) is 20.7 Å². The highest BCUT2D eigenvalue weighted by molar-refractivity contribution is 7.22. The molecule has 27 heavy (non-hydrogen) atoms. The van der Waals surface area contributed by atoms with E-state index in [0.29, 0.717) is 10.2 Å². The summed E-state index contributed by atoms with van der Waals surface area (Å²) in [5.74, 6) is 0.787. The van der Waals surface area contributed by atoms with Gasteiger partial charge in [0.05, 0.1) is 31.6 Å². The molecule has 4 aromatic rings. The number of aliphatic hydroxyl groups is 1. The fourth-order valence-corrected chi connectivity index (χ4v) is 4.00. The van der Waals surface area contributed by atoms with E-state index in [0.717, 1.165) is 21.8 Å². The van der Waals surface area contributed by atoms with Gasteiger partial charge in [-0.05, 0) is 41.5 Å². The Kier molecular flexibility index (Phi) is 4.75. The molecule has 4 rings (SSSR count). The second kappa shape index (κ2) is 7.34. The molecule has 0 saturated carbocycles. The molecule has 5 nitrogen and oxygen atoms in total. The van der Waals surface area contributed by atoms with Crippen molar-refractivity contribution in [1.29, 1.82) is 0 Å². The van der Waals surface area contributed by atoms with Crippen molar-refractivity contribution in [3.8, 4) is 16.2 Å². The lowest BCUT2D eigenvalue weighted by molar-refractivity contribution is 0.155. The number of ether oxygens (including phenoxy) is 1. The van der Waals surface area contributed by atoms with E-state index in [4.69, 9.17) is 4.74 Å². The zero-order valence-electron chi connectivity index (χ0n) is 14.7. The number of aliphatic hydroxyl groups excluding tert-OH is 1. The number of benzene rings is 2. The van der Waals surface area contributed by atoms with Crippen LogP contribution in [0.15, 0.2) is 71.8 Å². The largest absolute Gasteiger partial charge is 0.497 e. The Morgan fingerprint density at radius 2 is 1.89 bits per heavy atom. The van der Waals surface area contributed by atoms with E-state index >= 15 is 0 Å². The van der Waals surface area contributed by atoms with E-state index in [2.05, 4.69) is 4.98 Å². The molecule has 0 aliphatic carbocycles. The maximum absolute atomic E-state index is 12.8. The lowest BCUT2D eigenvalue weighted by Crippen LogP contribution is -2.23. The highest BCUT2D eigenvalue weighted by Gasteiger charge is 2.14. The van der Waals surface area contributed by atoms with E-state index in [-0.39, 0.29) is 12.1 Å². The molecule has 1 atom stereocenters. The third kappa shape index (κ3) is 3.49. The highest BCUT2D eigenvalue weighted by Crippen LogP contribution is 2.31. The van der Waals surface area contributed by atoms with Crippen LogP contribution in [0.1, 0.15) is 11.7 Å². The van der Waals surface area contributed by atoms with Crippen LogP contribution in [0.3, 0.4) is 0 Å². The number of hydrogen-bond acceptors (Lipinski definition) is 5. The number of fused-ring (bicyclic) bond motifs is 1. The first-order valence-corrected chi connectivity index (χ1v) is 9.34. The third-order valence-electron chi connectivity index (χ3n) is 4.43. The van der Waals surface area contributed by atoms with Crippen LogP contribution in [0.2, 0.25) is 0 Å². The average Bonchev–Trinajstić information content (AvgIpc) is 3.16. The molecular weight excluding hydrogens is 360 g/mol. The van der Waals surface area contributed by atoms with Crippen molar-refractivity contribution < 1.29 is 9.84 Å². The minimum absolute atomic E-state index is 0.139. The van der Waals surface area contributed by atoms with E-state index < -0.39 is 6.10 Å². The summed E-state index contributed by atoms with van der Waals surface area (Å²) in [6.45, 7) is 0.168. The summed E-state index contributed by atoms with van der Waals surface area (Å²) in [4.78, 5) is 18.2. The Morgan fingerprint density at radius 3 is 2.59 bits per heavy atom. The number of rotatable bonds is 5. The number of hydrogen-bond donors (Lipinski definition) is 1. The van der Waals surface area contributed by atoms with Gasteiger partial charge in [-0.1, -0.05) is 30.3 Å². The second-order valence-electron chi connectivity index (χ2n) is 6.18. The molecule has 0 fully saturated rings. The normalized spacial score (nSPS) is 12.2. The Labute approximate surface area is 160 Å². The van der Waals surface area contributed by atoms with Crippen molar-refractivity contribution in [3.63, 3.8) is 0 Å². The van der Waals surface area contributed by atoms with Gasteiger partial charge in [-0.3, -0.25) is 9.36 Å². The average molecular weight is 378 g/mol. The molecule has 0 spiro atoms. The third-order valence-corrected chi connectivity index (χ3v) is 5.59. The van der Waals surface area contributed by atoms with E-state index in [1.807, 2.05) is 60.7 Å². The fraction of sp³-hybridized carbons (Fsp3) is 0.143. The molecule has 0 radical (unpaired) electrons. The molecule has 2 aromatic carbocycles. The molecule has 1 N–H and O–H groups in total. The predicted molar refractivity (Wildman–Crippen MR) is 107 cm³/mol. The van der Waals surface area contributed by atoms with Gasteiger partial charge in [0.25, 0.3) is 5.56 Å². The minimum Gasteiger partial charge on any atom is -0.497 e. The van der Waals surface area contributed by atoms with Crippen molar-refractivity contribution in [3.05, 3.63) is 82.9 Å². The molecule has 136 valence electrons. The lowest BCUT2D eigenvalue weighted by atomic mass is 10.1. The number of methoxy groups -OCH3 is 1. The van der Waals surface area contributed by atoms with Gasteiger partial charge >= 0.3 is 0 Å². The maximum atomic E-state index is 12.8. The molecule has 2 aromatic heterocycles. The number of thiophene rings is 1. The first-order valence-electron chi connectivity index (χ1n) is 8.52. The van der Waals surface area contributed by atoms with Crippen LogP contribution in [0.5, 0.6) is 5.75 Å². The van der Waals surface area contributed by atoms with Gasteiger partial charge in [0.15, 0.2) is 0 Å². The second-order valence-corrected chi connectivity index (χ2v) is 7.23. The molecule has 0 bridgehead atoms. The quantitative estimate of drug-likeness (QED) is 0.573. The van der Waals surface area contributed by atoms with Gasteiger partial charge in [-0.25, -0.2) is 4.98 Å². The van der Waals surface area contributed by atoms with Gasteiger partial charge in [0, 0.05) is 4.88 Å². The molecule has 2 heterocycles. The van der Waals surface area contributed by atoms with Crippen LogP contribution in [-0.2, 0) is 6.54 Å². The molecular formula is C21H18N2O3S. The highest BCUT2D eigenvalue weighted by atomic mass is 32.1. The van der Waals surface area contributed by atoms with Crippen LogP contribution in [0.4, 0.5) is 0 Å². The first kappa shape index (κ1) is 17.5. The standard InChI is InChI=1S/C21H18N2O3S/c1-26-16-9-7-15(8-10-16)19-11-17-20(27-19)21(25)23(13-22-17)12-18(24)14-5-3-2-4-6-14/h2-11,13,18,24H,12H2,1H3. The van der Waals surface area contributed by atoms with Crippen molar-refractivity contribution >= 4 is 21.6 Å². The van der Waals surface area contributed by atoms with Crippen LogP contribution in [0, 0.1) is 0 Å². The molecule has 0 aliphatic rings. The maximum Gasteiger partial charge on any atom is 0.271 e. The fourth-order valence-electron chi connectivity index (χ4n) is 2.94. The molecule has 0 amide bonds. The van der Waals surface area contributed by atoms with E-state index in [1.165, 1.54) is 22.2 Å². The predicted octanol–water partition coefficient (Wildman–Crippen LogP) is 3.87.